The van der Waals surface area contributed by atoms with Gasteiger partial charge in [-0.2, -0.15) is 5.26 Å². The van der Waals surface area contributed by atoms with Crippen LogP contribution in [0.2, 0.25) is 0 Å². The van der Waals surface area contributed by atoms with Crippen molar-refractivity contribution < 1.29 is 5.11 Å². The maximum Gasteiger partial charge on any atom is 0.104 e. The van der Waals surface area contributed by atoms with E-state index in [1.807, 2.05) is 24.3 Å². The minimum absolute atomic E-state index is 0.571. The van der Waals surface area contributed by atoms with Gasteiger partial charge in [-0.25, -0.2) is 0 Å². The summed E-state index contributed by atoms with van der Waals surface area (Å²) in [6.45, 7) is 2.14. The zero-order valence-corrected chi connectivity index (χ0v) is 11.0. The summed E-state index contributed by atoms with van der Waals surface area (Å²) >= 11 is 0. The van der Waals surface area contributed by atoms with Gasteiger partial charge < -0.3 is 5.11 Å². The van der Waals surface area contributed by atoms with Crippen molar-refractivity contribution in [2.45, 2.75) is 25.9 Å². The smallest absolute Gasteiger partial charge is 0.104 e. The highest BCUT2D eigenvalue weighted by Crippen LogP contribution is 2.23. The van der Waals surface area contributed by atoms with Gasteiger partial charge in [0, 0.05) is 0 Å². The molecule has 2 aromatic rings. The minimum atomic E-state index is -0.676. The summed E-state index contributed by atoms with van der Waals surface area (Å²) in [6.07, 6.45) is 1.42. The summed E-state index contributed by atoms with van der Waals surface area (Å²) in [7, 11) is 0. The van der Waals surface area contributed by atoms with E-state index in [1.54, 1.807) is 18.2 Å². The Balaban J connectivity index is 2.30. The lowest BCUT2D eigenvalue weighted by molar-refractivity contribution is 0.220. The fraction of sp³-hybridized carbons (Fsp3) is 0.235. The summed E-state index contributed by atoms with van der Waals surface area (Å²) in [5.74, 6) is 0. The first-order valence-corrected chi connectivity index (χ1v) is 6.51. The molecule has 96 valence electrons. The number of rotatable bonds is 4. The van der Waals surface area contributed by atoms with Crippen LogP contribution in [0.3, 0.4) is 0 Å². The Morgan fingerprint density at radius 3 is 2.47 bits per heavy atom. The Hall–Kier alpha value is -2.11. The molecule has 0 fully saturated rings. The molecule has 1 N–H and O–H groups in total. The molecule has 0 aliphatic heterocycles. The number of aliphatic hydroxyl groups is 1. The van der Waals surface area contributed by atoms with Crippen LogP contribution in [0.25, 0.3) is 0 Å². The summed E-state index contributed by atoms with van der Waals surface area (Å²) in [5.41, 5.74) is 3.44. The van der Waals surface area contributed by atoms with Gasteiger partial charge in [-0.15, -0.1) is 0 Å². The molecule has 0 aromatic heterocycles. The lowest BCUT2D eigenvalue weighted by atomic mass is 9.97. The van der Waals surface area contributed by atoms with Crippen LogP contribution < -0.4 is 0 Å². The number of aliphatic hydroxyl groups excluding tert-OH is 1. The van der Waals surface area contributed by atoms with Gasteiger partial charge in [-0.05, 0) is 35.2 Å². The number of benzene rings is 2. The van der Waals surface area contributed by atoms with Crippen LogP contribution in [0.5, 0.6) is 0 Å². The molecule has 2 aromatic carbocycles. The van der Waals surface area contributed by atoms with Crippen molar-refractivity contribution in [2.75, 3.05) is 0 Å². The molecule has 19 heavy (non-hydrogen) atoms. The Kier molecular flexibility index (Phi) is 4.33. The van der Waals surface area contributed by atoms with Crippen LogP contribution in [0, 0.1) is 11.3 Å². The first-order chi connectivity index (χ1) is 9.24. The predicted molar refractivity (Wildman–Crippen MR) is 75.7 cm³/mol. The Morgan fingerprint density at radius 1 is 1.11 bits per heavy atom. The SMILES string of the molecule is CCCc1cccc(C(O)c2cccc(C#N)c2)c1. The molecule has 0 saturated heterocycles. The monoisotopic (exact) mass is 251 g/mol. The molecule has 0 bridgehead atoms. The van der Waals surface area contributed by atoms with E-state index in [2.05, 4.69) is 19.1 Å². The van der Waals surface area contributed by atoms with Crippen molar-refractivity contribution in [3.63, 3.8) is 0 Å². The average molecular weight is 251 g/mol. The molecule has 2 nitrogen and oxygen atoms in total. The molecule has 2 heteroatoms. The molecule has 1 atom stereocenters. The van der Waals surface area contributed by atoms with Gasteiger partial charge in [-0.1, -0.05) is 49.7 Å². The largest absolute Gasteiger partial charge is 0.384 e. The second-order valence-corrected chi connectivity index (χ2v) is 4.63. The summed E-state index contributed by atoms with van der Waals surface area (Å²) in [6, 6.07) is 17.2. The molecule has 0 aliphatic carbocycles. The van der Waals surface area contributed by atoms with Crippen LogP contribution in [0.15, 0.2) is 48.5 Å². The van der Waals surface area contributed by atoms with Crippen molar-refractivity contribution in [2.24, 2.45) is 0 Å². The average Bonchev–Trinajstić information content (AvgIpc) is 2.47. The van der Waals surface area contributed by atoms with Gasteiger partial charge in [-0.3, -0.25) is 0 Å². The van der Waals surface area contributed by atoms with Gasteiger partial charge in [0.15, 0.2) is 0 Å². The second-order valence-electron chi connectivity index (χ2n) is 4.63. The molecular weight excluding hydrogens is 234 g/mol. The lowest BCUT2D eigenvalue weighted by Crippen LogP contribution is -2.00. The van der Waals surface area contributed by atoms with Crippen molar-refractivity contribution in [3.8, 4) is 6.07 Å². The molecule has 0 heterocycles. The van der Waals surface area contributed by atoms with E-state index < -0.39 is 6.10 Å². The van der Waals surface area contributed by atoms with E-state index >= 15 is 0 Å². The van der Waals surface area contributed by atoms with Crippen molar-refractivity contribution in [3.05, 3.63) is 70.8 Å². The normalized spacial score (nSPS) is 11.8. The zero-order chi connectivity index (χ0) is 13.7. The van der Waals surface area contributed by atoms with E-state index in [-0.39, 0.29) is 0 Å². The molecule has 2 rings (SSSR count). The fourth-order valence-corrected chi connectivity index (χ4v) is 2.18. The van der Waals surface area contributed by atoms with Crippen LogP contribution in [0.1, 0.15) is 41.7 Å². The number of hydrogen-bond donors (Lipinski definition) is 1. The fourth-order valence-electron chi connectivity index (χ4n) is 2.18. The molecule has 0 spiro atoms. The summed E-state index contributed by atoms with van der Waals surface area (Å²) < 4.78 is 0. The van der Waals surface area contributed by atoms with E-state index in [0.29, 0.717) is 5.56 Å². The number of nitrogens with zero attached hydrogens (tertiary/aromatic N) is 1. The third-order valence-corrected chi connectivity index (χ3v) is 3.14. The van der Waals surface area contributed by atoms with Crippen molar-refractivity contribution >= 4 is 0 Å². The number of nitriles is 1. The van der Waals surface area contributed by atoms with Crippen LogP contribution in [-0.4, -0.2) is 5.11 Å². The van der Waals surface area contributed by atoms with Gasteiger partial charge in [0.1, 0.15) is 6.10 Å². The van der Waals surface area contributed by atoms with E-state index in [0.717, 1.165) is 24.0 Å². The first kappa shape index (κ1) is 13.3. The van der Waals surface area contributed by atoms with Gasteiger partial charge in [0.2, 0.25) is 0 Å². The molecule has 0 aliphatic rings. The molecule has 0 saturated carbocycles. The van der Waals surface area contributed by atoms with E-state index in [1.165, 1.54) is 5.56 Å². The standard InChI is InChI=1S/C17H17NO/c1-2-5-13-6-3-8-15(10-13)17(19)16-9-4-7-14(11-16)12-18/h3-4,6-11,17,19H,2,5H2,1H3. The van der Waals surface area contributed by atoms with Gasteiger partial charge >= 0.3 is 0 Å². The minimum Gasteiger partial charge on any atom is -0.384 e. The van der Waals surface area contributed by atoms with Crippen molar-refractivity contribution in [1.82, 2.24) is 0 Å². The topological polar surface area (TPSA) is 44.0 Å². The van der Waals surface area contributed by atoms with Crippen molar-refractivity contribution in [1.29, 1.82) is 5.26 Å². The van der Waals surface area contributed by atoms with Crippen LogP contribution in [-0.2, 0) is 6.42 Å². The maximum atomic E-state index is 10.4. The highest BCUT2D eigenvalue weighted by molar-refractivity contribution is 5.38. The number of aryl methyl sites for hydroxylation is 1. The van der Waals surface area contributed by atoms with Gasteiger partial charge in [0.05, 0.1) is 11.6 Å². The highest BCUT2D eigenvalue weighted by atomic mass is 16.3. The highest BCUT2D eigenvalue weighted by Gasteiger charge is 2.11. The number of hydrogen-bond acceptors (Lipinski definition) is 2. The maximum absolute atomic E-state index is 10.4. The Bertz CT molecular complexity index is 598. The van der Waals surface area contributed by atoms with Crippen LogP contribution >= 0.6 is 0 Å². The van der Waals surface area contributed by atoms with E-state index in [4.69, 9.17) is 5.26 Å². The molecular formula is C17H17NO. The van der Waals surface area contributed by atoms with Gasteiger partial charge in [0.25, 0.3) is 0 Å². The second kappa shape index (κ2) is 6.17. The third kappa shape index (κ3) is 3.21. The quantitative estimate of drug-likeness (QED) is 0.902. The predicted octanol–water partition coefficient (Wildman–Crippen LogP) is 3.59. The molecule has 0 radical (unpaired) electrons. The Morgan fingerprint density at radius 2 is 1.79 bits per heavy atom. The lowest BCUT2D eigenvalue weighted by Gasteiger charge is -2.13. The van der Waals surface area contributed by atoms with Crippen LogP contribution in [0.4, 0.5) is 0 Å². The summed E-state index contributed by atoms with van der Waals surface area (Å²) in [5, 5.41) is 19.3. The van der Waals surface area contributed by atoms with E-state index in [9.17, 15) is 5.11 Å². The zero-order valence-electron chi connectivity index (χ0n) is 11.0. The molecule has 0 amide bonds. The molecule has 1 unspecified atom stereocenters. The first-order valence-electron chi connectivity index (χ1n) is 6.51. The summed E-state index contributed by atoms with van der Waals surface area (Å²) in [4.78, 5) is 0. The third-order valence-electron chi connectivity index (χ3n) is 3.14. The Labute approximate surface area is 114 Å².